The highest BCUT2D eigenvalue weighted by Gasteiger charge is 2.24. The molecule has 10 heteroatoms. The van der Waals surface area contributed by atoms with Crippen molar-refractivity contribution >= 4 is 78.8 Å². The Kier molecular flexibility index (Phi) is 9.54. The SMILES string of the molecule is Cc1ccc2nc(NC(=O)C(Sc3cccc(NC(=O)/C(=C/c4c[nH]c5ccccc45)NC(=O)c4ccccc4)c3)c3ccccc3)sc2c1. The molecule has 5 aromatic carbocycles. The number of hydrogen-bond acceptors (Lipinski definition) is 6. The number of thiazole rings is 1. The number of nitrogens with one attached hydrogen (secondary N) is 4. The lowest BCUT2D eigenvalue weighted by atomic mass is 10.1. The molecule has 3 amide bonds. The number of carbonyl (C=O) groups is 3. The van der Waals surface area contributed by atoms with E-state index in [0.29, 0.717) is 16.4 Å². The Morgan fingerprint density at radius 2 is 1.58 bits per heavy atom. The third-order valence-electron chi connectivity index (χ3n) is 7.91. The maximum Gasteiger partial charge on any atom is 0.272 e. The van der Waals surface area contributed by atoms with Crippen molar-refractivity contribution in [1.82, 2.24) is 15.3 Å². The van der Waals surface area contributed by atoms with Gasteiger partial charge in [0.1, 0.15) is 10.9 Å². The van der Waals surface area contributed by atoms with Gasteiger partial charge in [-0.3, -0.25) is 14.4 Å². The predicted octanol–water partition coefficient (Wildman–Crippen LogP) is 8.97. The zero-order valence-corrected chi connectivity index (χ0v) is 28.5. The second-order valence-electron chi connectivity index (χ2n) is 11.5. The lowest BCUT2D eigenvalue weighted by molar-refractivity contribution is -0.116. The van der Waals surface area contributed by atoms with Crippen LogP contribution in [0.4, 0.5) is 10.8 Å². The Labute approximate surface area is 296 Å². The molecule has 246 valence electrons. The minimum Gasteiger partial charge on any atom is -0.361 e. The number of H-pyrrole nitrogens is 1. The number of rotatable bonds is 10. The Bertz CT molecular complexity index is 2370. The number of hydrogen-bond donors (Lipinski definition) is 4. The van der Waals surface area contributed by atoms with Gasteiger partial charge in [-0.2, -0.15) is 0 Å². The number of amides is 3. The van der Waals surface area contributed by atoms with E-state index in [-0.39, 0.29) is 11.6 Å². The highest BCUT2D eigenvalue weighted by atomic mass is 32.2. The average Bonchev–Trinajstić information content (AvgIpc) is 3.74. The minimum atomic E-state index is -0.599. The van der Waals surface area contributed by atoms with Crippen molar-refractivity contribution in [2.75, 3.05) is 10.6 Å². The maximum absolute atomic E-state index is 13.8. The average molecular weight is 694 g/mol. The first-order valence-corrected chi connectivity index (χ1v) is 17.5. The summed E-state index contributed by atoms with van der Waals surface area (Å²) in [6.45, 7) is 2.03. The van der Waals surface area contributed by atoms with Crippen LogP contribution in [-0.2, 0) is 9.59 Å². The van der Waals surface area contributed by atoms with Crippen molar-refractivity contribution in [3.8, 4) is 0 Å². The highest BCUT2D eigenvalue weighted by Crippen LogP contribution is 2.38. The summed E-state index contributed by atoms with van der Waals surface area (Å²) in [5.41, 5.74) is 5.46. The van der Waals surface area contributed by atoms with Crippen molar-refractivity contribution in [2.45, 2.75) is 17.1 Å². The van der Waals surface area contributed by atoms with E-state index in [0.717, 1.165) is 42.7 Å². The number of nitrogens with zero attached hydrogens (tertiary/aromatic N) is 1. The first-order valence-electron chi connectivity index (χ1n) is 15.8. The fourth-order valence-corrected chi connectivity index (χ4v) is 7.50. The molecular weight excluding hydrogens is 663 g/mol. The molecule has 7 rings (SSSR count). The standard InChI is InChI=1S/C40H31N5O3S2/c1-25-19-20-33-35(21-25)50-40(44-33)45-39(48)36(26-11-4-2-5-12-26)49-30-16-10-15-29(23-30)42-38(47)34(43-37(46)27-13-6-3-7-14-27)22-28-24-41-32-18-9-8-17-31(28)32/h2-24,36,41H,1H3,(H,42,47)(H,43,46)(H,44,45,48)/b34-22-. The van der Waals surface area contributed by atoms with Gasteiger partial charge in [0.2, 0.25) is 5.91 Å². The van der Waals surface area contributed by atoms with Crippen LogP contribution >= 0.6 is 23.1 Å². The van der Waals surface area contributed by atoms with E-state index in [4.69, 9.17) is 0 Å². The van der Waals surface area contributed by atoms with Crippen molar-refractivity contribution in [2.24, 2.45) is 0 Å². The molecule has 7 aromatic rings. The summed E-state index contributed by atoms with van der Waals surface area (Å²) in [6, 6.07) is 39.3. The third kappa shape index (κ3) is 7.52. The first-order chi connectivity index (χ1) is 24.4. The van der Waals surface area contributed by atoms with Crippen LogP contribution in [0.3, 0.4) is 0 Å². The zero-order valence-electron chi connectivity index (χ0n) is 26.8. The number of aromatic nitrogens is 2. The molecule has 0 fully saturated rings. The summed E-state index contributed by atoms with van der Waals surface area (Å²) >= 11 is 2.80. The lowest BCUT2D eigenvalue weighted by Gasteiger charge is -2.17. The molecule has 2 heterocycles. The molecule has 4 N–H and O–H groups in total. The van der Waals surface area contributed by atoms with Gasteiger partial charge < -0.3 is 20.9 Å². The van der Waals surface area contributed by atoms with Gasteiger partial charge in [-0.05, 0) is 72.7 Å². The molecule has 0 aliphatic carbocycles. The molecule has 0 radical (unpaired) electrons. The van der Waals surface area contributed by atoms with Crippen LogP contribution in [0.15, 0.2) is 144 Å². The normalized spacial score (nSPS) is 12.1. The second kappa shape index (κ2) is 14.7. The molecule has 2 aromatic heterocycles. The number of anilines is 2. The summed E-state index contributed by atoms with van der Waals surface area (Å²) in [4.78, 5) is 49.4. The molecule has 0 saturated heterocycles. The molecule has 0 spiro atoms. The largest absolute Gasteiger partial charge is 0.361 e. The number of aromatic amines is 1. The van der Waals surface area contributed by atoms with Crippen LogP contribution in [0.5, 0.6) is 0 Å². The van der Waals surface area contributed by atoms with Gasteiger partial charge in [0.05, 0.1) is 10.2 Å². The molecule has 1 unspecified atom stereocenters. The number of aryl methyl sites for hydroxylation is 1. The molecule has 0 bridgehead atoms. The van der Waals surface area contributed by atoms with Gasteiger partial charge in [0.15, 0.2) is 5.13 Å². The fourth-order valence-electron chi connectivity index (χ4n) is 5.45. The van der Waals surface area contributed by atoms with Gasteiger partial charge in [-0.15, -0.1) is 11.8 Å². The number of fused-ring (bicyclic) bond motifs is 2. The second-order valence-corrected chi connectivity index (χ2v) is 13.7. The van der Waals surface area contributed by atoms with Gasteiger partial charge in [-0.1, -0.05) is 90.2 Å². The highest BCUT2D eigenvalue weighted by molar-refractivity contribution is 8.00. The van der Waals surface area contributed by atoms with Crippen molar-refractivity contribution in [3.05, 3.63) is 162 Å². The molecule has 1 atom stereocenters. The summed E-state index contributed by atoms with van der Waals surface area (Å²) in [5, 5.41) is 9.63. The number of thioether (sulfide) groups is 1. The fraction of sp³-hybridized carbons (Fsp3) is 0.0500. The van der Waals surface area contributed by atoms with Crippen LogP contribution in [0.25, 0.3) is 27.2 Å². The van der Waals surface area contributed by atoms with Gasteiger partial charge in [0, 0.05) is 38.8 Å². The molecular formula is C40H31N5O3S2. The van der Waals surface area contributed by atoms with Crippen LogP contribution in [0.1, 0.15) is 32.3 Å². The molecule has 0 aliphatic rings. The smallest absolute Gasteiger partial charge is 0.272 e. The van der Waals surface area contributed by atoms with Crippen molar-refractivity contribution in [3.63, 3.8) is 0 Å². The molecule has 0 aliphatic heterocycles. The van der Waals surface area contributed by atoms with E-state index < -0.39 is 17.1 Å². The predicted molar refractivity (Wildman–Crippen MR) is 203 cm³/mol. The Balaban J connectivity index is 1.13. The van der Waals surface area contributed by atoms with E-state index in [2.05, 4.69) is 32.0 Å². The van der Waals surface area contributed by atoms with Crippen LogP contribution in [-0.4, -0.2) is 27.7 Å². The van der Waals surface area contributed by atoms with E-state index in [9.17, 15) is 14.4 Å². The van der Waals surface area contributed by atoms with Crippen molar-refractivity contribution < 1.29 is 14.4 Å². The lowest BCUT2D eigenvalue weighted by Crippen LogP contribution is -2.30. The molecule has 0 saturated carbocycles. The molecule has 8 nitrogen and oxygen atoms in total. The number of para-hydroxylation sites is 1. The quantitative estimate of drug-likeness (QED) is 0.0843. The number of benzene rings is 5. The van der Waals surface area contributed by atoms with Crippen molar-refractivity contribution in [1.29, 1.82) is 0 Å². The Morgan fingerprint density at radius 1 is 0.820 bits per heavy atom. The number of carbonyl (C=O) groups excluding carboxylic acids is 3. The summed E-state index contributed by atoms with van der Waals surface area (Å²) in [5.74, 6) is -1.11. The van der Waals surface area contributed by atoms with Crippen LogP contribution in [0.2, 0.25) is 0 Å². The topological polar surface area (TPSA) is 116 Å². The molecule has 50 heavy (non-hydrogen) atoms. The Hall–Kier alpha value is -5.97. The zero-order chi connectivity index (χ0) is 34.5. The van der Waals surface area contributed by atoms with Crippen LogP contribution < -0.4 is 16.0 Å². The Morgan fingerprint density at radius 3 is 2.40 bits per heavy atom. The third-order valence-corrected chi connectivity index (χ3v) is 10.1. The summed E-state index contributed by atoms with van der Waals surface area (Å²) in [6.07, 6.45) is 3.46. The van der Waals surface area contributed by atoms with E-state index in [1.54, 1.807) is 42.6 Å². The van der Waals surface area contributed by atoms with E-state index >= 15 is 0 Å². The minimum absolute atomic E-state index is 0.0780. The van der Waals surface area contributed by atoms with E-state index in [1.165, 1.54) is 23.1 Å². The van der Waals surface area contributed by atoms with Gasteiger partial charge in [-0.25, -0.2) is 4.98 Å². The maximum atomic E-state index is 13.8. The van der Waals surface area contributed by atoms with Gasteiger partial charge in [0.25, 0.3) is 11.8 Å². The first kappa shape index (κ1) is 32.6. The van der Waals surface area contributed by atoms with E-state index in [1.807, 2.05) is 97.9 Å². The van der Waals surface area contributed by atoms with Crippen LogP contribution in [0, 0.1) is 6.92 Å². The summed E-state index contributed by atoms with van der Waals surface area (Å²) in [7, 11) is 0. The monoisotopic (exact) mass is 693 g/mol. The van der Waals surface area contributed by atoms with Gasteiger partial charge >= 0.3 is 0 Å². The summed E-state index contributed by atoms with van der Waals surface area (Å²) < 4.78 is 1.01.